The van der Waals surface area contributed by atoms with Crippen molar-refractivity contribution in [2.45, 2.75) is 18.8 Å². The van der Waals surface area contributed by atoms with Crippen molar-refractivity contribution >= 4 is 15.9 Å². The van der Waals surface area contributed by atoms with Crippen LogP contribution in [0.15, 0.2) is 9.26 Å². The molecule has 1 aliphatic heterocycles. The summed E-state index contributed by atoms with van der Waals surface area (Å²) in [6.45, 7) is 2.23. The van der Waals surface area contributed by atoms with Crippen molar-refractivity contribution in [1.29, 1.82) is 0 Å². The molecule has 4 nitrogen and oxygen atoms in total. The Morgan fingerprint density at radius 2 is 2.15 bits per heavy atom. The van der Waals surface area contributed by atoms with Gasteiger partial charge in [-0.1, -0.05) is 0 Å². The summed E-state index contributed by atoms with van der Waals surface area (Å²) in [4.78, 5) is 6.50. The van der Waals surface area contributed by atoms with Crippen LogP contribution in [0.2, 0.25) is 0 Å². The molecular weight excluding hydrogens is 234 g/mol. The number of aromatic nitrogens is 2. The van der Waals surface area contributed by atoms with Gasteiger partial charge in [0.25, 0.3) is 0 Å². The average Bonchev–Trinajstić information content (AvgIpc) is 2.53. The molecule has 0 N–H and O–H groups in total. The van der Waals surface area contributed by atoms with Gasteiger partial charge in [0.2, 0.25) is 10.6 Å². The van der Waals surface area contributed by atoms with Crippen LogP contribution in [-0.4, -0.2) is 35.2 Å². The molecule has 0 atom stereocenters. The second-order valence-electron chi connectivity index (χ2n) is 3.48. The largest absolute Gasteiger partial charge is 0.338 e. The van der Waals surface area contributed by atoms with Crippen LogP contribution in [0, 0.1) is 0 Å². The minimum absolute atomic E-state index is 0.454. The third-order valence-corrected chi connectivity index (χ3v) is 2.81. The van der Waals surface area contributed by atoms with Crippen molar-refractivity contribution < 1.29 is 4.52 Å². The summed E-state index contributed by atoms with van der Waals surface area (Å²) in [6, 6.07) is 0. The Bertz CT molecular complexity index is 281. The number of halogens is 1. The second-order valence-corrected chi connectivity index (χ2v) is 4.19. The van der Waals surface area contributed by atoms with Gasteiger partial charge in [-0.25, -0.2) is 0 Å². The van der Waals surface area contributed by atoms with E-state index < -0.39 is 0 Å². The molecule has 1 aromatic heterocycles. The summed E-state index contributed by atoms with van der Waals surface area (Å²) in [5.41, 5.74) is 0. The van der Waals surface area contributed by atoms with Gasteiger partial charge in [0.1, 0.15) is 0 Å². The third-order valence-electron chi connectivity index (χ3n) is 2.48. The van der Waals surface area contributed by atoms with Crippen LogP contribution >= 0.6 is 15.9 Å². The molecule has 1 saturated heterocycles. The van der Waals surface area contributed by atoms with E-state index in [1.54, 1.807) is 0 Å². The van der Waals surface area contributed by atoms with Crippen LogP contribution in [0.25, 0.3) is 0 Å². The van der Waals surface area contributed by atoms with Crippen LogP contribution < -0.4 is 0 Å². The van der Waals surface area contributed by atoms with E-state index in [2.05, 4.69) is 38.0 Å². The van der Waals surface area contributed by atoms with E-state index in [0.717, 1.165) is 31.8 Å². The van der Waals surface area contributed by atoms with Crippen molar-refractivity contribution in [3.63, 3.8) is 0 Å². The molecule has 0 spiro atoms. The Hall–Kier alpha value is -0.420. The van der Waals surface area contributed by atoms with Crippen LogP contribution in [0.4, 0.5) is 0 Å². The lowest BCUT2D eigenvalue weighted by Gasteiger charge is -2.26. The number of nitrogens with zero attached hydrogens (tertiary/aromatic N) is 3. The molecular formula is C8H12BrN3O. The lowest BCUT2D eigenvalue weighted by atomic mass is 9.97. The number of hydrogen-bond donors (Lipinski definition) is 0. The maximum absolute atomic E-state index is 5.11. The highest BCUT2D eigenvalue weighted by Crippen LogP contribution is 2.26. The first kappa shape index (κ1) is 9.15. The maximum Gasteiger partial charge on any atom is 0.238 e. The van der Waals surface area contributed by atoms with Crippen molar-refractivity contribution in [3.05, 3.63) is 10.6 Å². The molecule has 1 aliphatic rings. The predicted octanol–water partition coefficient (Wildman–Crippen LogP) is 1.64. The van der Waals surface area contributed by atoms with Gasteiger partial charge in [0, 0.05) is 5.92 Å². The zero-order chi connectivity index (χ0) is 9.26. The lowest BCUT2D eigenvalue weighted by Crippen LogP contribution is -2.29. The number of hydrogen-bond acceptors (Lipinski definition) is 4. The van der Waals surface area contributed by atoms with Crippen LogP contribution in [-0.2, 0) is 0 Å². The van der Waals surface area contributed by atoms with E-state index in [-0.39, 0.29) is 0 Å². The third kappa shape index (κ3) is 2.08. The van der Waals surface area contributed by atoms with E-state index in [9.17, 15) is 0 Å². The van der Waals surface area contributed by atoms with Gasteiger partial charge in [-0.3, -0.25) is 0 Å². The van der Waals surface area contributed by atoms with E-state index >= 15 is 0 Å². The molecule has 0 unspecified atom stereocenters. The zero-order valence-electron chi connectivity index (χ0n) is 7.53. The van der Waals surface area contributed by atoms with Gasteiger partial charge in [0.05, 0.1) is 0 Å². The van der Waals surface area contributed by atoms with Crippen LogP contribution in [0.1, 0.15) is 24.7 Å². The first-order valence-corrected chi connectivity index (χ1v) is 5.22. The topological polar surface area (TPSA) is 42.2 Å². The van der Waals surface area contributed by atoms with Gasteiger partial charge in [-0.05, 0) is 54.1 Å². The fourth-order valence-corrected chi connectivity index (χ4v) is 1.88. The average molecular weight is 246 g/mol. The SMILES string of the molecule is CN1CCC(c2nc(Br)no2)CC1. The Morgan fingerprint density at radius 3 is 2.69 bits per heavy atom. The summed E-state index contributed by atoms with van der Waals surface area (Å²) in [5, 5.41) is 3.73. The standard InChI is InChI=1S/C8H12BrN3O/c1-12-4-2-6(3-5-12)7-10-8(9)11-13-7/h6H,2-5H2,1H3. The highest BCUT2D eigenvalue weighted by atomic mass is 79.9. The summed E-state index contributed by atoms with van der Waals surface area (Å²) in [6.07, 6.45) is 2.23. The zero-order valence-corrected chi connectivity index (χ0v) is 9.12. The number of piperidine rings is 1. The molecule has 0 bridgehead atoms. The van der Waals surface area contributed by atoms with Crippen molar-refractivity contribution in [1.82, 2.24) is 15.0 Å². The normalized spacial score (nSPS) is 20.8. The molecule has 1 fully saturated rings. The number of likely N-dealkylation sites (tertiary alicyclic amines) is 1. The molecule has 0 radical (unpaired) electrons. The monoisotopic (exact) mass is 245 g/mol. The number of rotatable bonds is 1. The summed E-state index contributed by atoms with van der Waals surface area (Å²) in [5.74, 6) is 1.23. The summed E-state index contributed by atoms with van der Waals surface area (Å²) < 4.78 is 5.67. The summed E-state index contributed by atoms with van der Waals surface area (Å²) in [7, 11) is 2.14. The predicted molar refractivity (Wildman–Crippen MR) is 51.5 cm³/mol. The molecule has 0 aliphatic carbocycles. The lowest BCUT2D eigenvalue weighted by molar-refractivity contribution is 0.227. The molecule has 0 amide bonds. The first-order valence-electron chi connectivity index (χ1n) is 4.43. The van der Waals surface area contributed by atoms with Gasteiger partial charge in [0.15, 0.2) is 0 Å². The van der Waals surface area contributed by atoms with Gasteiger partial charge in [-0.15, -0.1) is 0 Å². The van der Waals surface area contributed by atoms with E-state index in [4.69, 9.17) is 4.52 Å². The Kier molecular flexibility index (Phi) is 2.64. The van der Waals surface area contributed by atoms with Crippen LogP contribution in [0.5, 0.6) is 0 Å². The summed E-state index contributed by atoms with van der Waals surface area (Å²) >= 11 is 3.18. The molecule has 13 heavy (non-hydrogen) atoms. The quantitative estimate of drug-likeness (QED) is 0.755. The van der Waals surface area contributed by atoms with Gasteiger partial charge < -0.3 is 9.42 Å². The van der Waals surface area contributed by atoms with Crippen LogP contribution in [0.3, 0.4) is 0 Å². The van der Waals surface area contributed by atoms with Crippen molar-refractivity contribution in [2.24, 2.45) is 0 Å². The Balaban J connectivity index is 2.02. The molecule has 0 saturated carbocycles. The van der Waals surface area contributed by atoms with Crippen molar-refractivity contribution in [3.8, 4) is 0 Å². The highest BCUT2D eigenvalue weighted by molar-refractivity contribution is 9.10. The molecule has 1 aromatic rings. The molecule has 5 heteroatoms. The molecule has 2 rings (SSSR count). The fraction of sp³-hybridized carbons (Fsp3) is 0.750. The second kappa shape index (κ2) is 3.75. The smallest absolute Gasteiger partial charge is 0.238 e. The Labute approximate surface area is 85.4 Å². The minimum atomic E-state index is 0.454. The van der Waals surface area contributed by atoms with Gasteiger partial charge in [-0.2, -0.15) is 4.98 Å². The van der Waals surface area contributed by atoms with Gasteiger partial charge >= 0.3 is 0 Å². The van der Waals surface area contributed by atoms with E-state index in [0.29, 0.717) is 10.7 Å². The van der Waals surface area contributed by atoms with Crippen molar-refractivity contribution in [2.75, 3.05) is 20.1 Å². The maximum atomic E-state index is 5.11. The fourth-order valence-electron chi connectivity index (χ4n) is 1.64. The minimum Gasteiger partial charge on any atom is -0.338 e. The first-order chi connectivity index (χ1) is 6.25. The molecule has 0 aromatic carbocycles. The van der Waals surface area contributed by atoms with E-state index in [1.165, 1.54) is 0 Å². The highest BCUT2D eigenvalue weighted by Gasteiger charge is 2.22. The molecule has 2 heterocycles. The Morgan fingerprint density at radius 1 is 1.46 bits per heavy atom. The molecule has 72 valence electrons. The van der Waals surface area contributed by atoms with E-state index in [1.807, 2.05) is 0 Å².